The van der Waals surface area contributed by atoms with Crippen molar-refractivity contribution in [1.29, 1.82) is 0 Å². The monoisotopic (exact) mass is 326 g/mol. The Labute approximate surface area is 130 Å². The summed E-state index contributed by atoms with van der Waals surface area (Å²) < 4.78 is 15.7. The molecule has 6 nitrogen and oxygen atoms in total. The number of halogens is 1. The van der Waals surface area contributed by atoms with Gasteiger partial charge in [-0.2, -0.15) is 0 Å². The number of carbonyl (C=O) groups is 1. The van der Waals surface area contributed by atoms with Crippen LogP contribution in [0.3, 0.4) is 0 Å². The molecule has 0 radical (unpaired) electrons. The number of ether oxygens (including phenoxy) is 3. The largest absolute Gasteiger partial charge is 0.454 e. The number of fused-ring (bicyclic) bond motifs is 1. The Morgan fingerprint density at radius 1 is 1.48 bits per heavy atom. The molecule has 2 heterocycles. The smallest absolute Gasteiger partial charge is 0.292 e. The molecule has 1 aromatic carbocycles. The molecule has 1 atom stereocenters. The maximum Gasteiger partial charge on any atom is 0.292 e. The third-order valence-corrected chi connectivity index (χ3v) is 3.94. The summed E-state index contributed by atoms with van der Waals surface area (Å²) in [4.78, 5) is 16.0. The second-order valence-corrected chi connectivity index (χ2v) is 6.15. The van der Waals surface area contributed by atoms with Crippen LogP contribution in [0.1, 0.15) is 0 Å². The van der Waals surface area contributed by atoms with E-state index in [0.717, 1.165) is 0 Å². The first-order valence-corrected chi connectivity index (χ1v) is 7.36. The highest BCUT2D eigenvalue weighted by molar-refractivity contribution is 8.15. The fourth-order valence-corrected chi connectivity index (χ4v) is 2.73. The number of hydrogen-bond donors (Lipinski definition) is 1. The molecule has 1 N–H and O–H groups in total. The van der Waals surface area contributed by atoms with Crippen molar-refractivity contribution in [3.8, 4) is 17.2 Å². The maximum atomic E-state index is 11.9. The third kappa shape index (κ3) is 3.25. The minimum absolute atomic E-state index is 0.0461. The van der Waals surface area contributed by atoms with Crippen LogP contribution in [0.4, 0.5) is 0 Å². The van der Waals surface area contributed by atoms with E-state index >= 15 is 0 Å². The zero-order valence-corrected chi connectivity index (χ0v) is 12.4. The van der Waals surface area contributed by atoms with E-state index in [1.807, 2.05) is 0 Å². The summed E-state index contributed by atoms with van der Waals surface area (Å²) in [5.41, 5.74) is 0. The second-order valence-electron chi connectivity index (χ2n) is 4.17. The Morgan fingerprint density at radius 2 is 2.29 bits per heavy atom. The molecule has 0 saturated carbocycles. The number of hydrogen-bond acceptors (Lipinski definition) is 6. The van der Waals surface area contributed by atoms with Crippen LogP contribution in [0, 0.1) is 0 Å². The van der Waals surface area contributed by atoms with Crippen LogP contribution in [0.5, 0.6) is 17.2 Å². The molecule has 110 valence electrons. The zero-order valence-electron chi connectivity index (χ0n) is 10.8. The van der Waals surface area contributed by atoms with Gasteiger partial charge in [0.1, 0.15) is 10.5 Å². The molecule has 2 aliphatic rings. The van der Waals surface area contributed by atoms with Crippen molar-refractivity contribution in [2.75, 3.05) is 13.3 Å². The highest BCUT2D eigenvalue weighted by Crippen LogP contribution is 2.35. The van der Waals surface area contributed by atoms with E-state index < -0.39 is 5.91 Å². The molecule has 0 spiro atoms. The number of amides is 1. The van der Waals surface area contributed by atoms with E-state index in [4.69, 9.17) is 25.8 Å². The molecule has 8 heteroatoms. The molecule has 0 saturated heterocycles. The Morgan fingerprint density at radius 3 is 3.05 bits per heavy atom. The quantitative estimate of drug-likeness (QED) is 0.523. The van der Waals surface area contributed by atoms with Crippen molar-refractivity contribution >= 4 is 34.4 Å². The molecule has 0 aliphatic carbocycles. The summed E-state index contributed by atoms with van der Waals surface area (Å²) >= 11 is 7.16. The highest BCUT2D eigenvalue weighted by atomic mass is 35.5. The first-order chi connectivity index (χ1) is 10.1. The van der Waals surface area contributed by atoms with Gasteiger partial charge in [0.2, 0.25) is 6.79 Å². The Hall–Kier alpha value is -1.86. The molecule has 0 bridgehead atoms. The van der Waals surface area contributed by atoms with Gasteiger partial charge in [0.05, 0.1) is 6.54 Å². The van der Waals surface area contributed by atoms with Crippen molar-refractivity contribution in [3.05, 3.63) is 30.5 Å². The molecule has 2 aliphatic heterocycles. The first kappa shape index (κ1) is 14.1. The third-order valence-electron chi connectivity index (χ3n) is 2.68. The van der Waals surface area contributed by atoms with Gasteiger partial charge in [-0.25, -0.2) is 0 Å². The van der Waals surface area contributed by atoms with Crippen LogP contribution in [0.15, 0.2) is 35.5 Å². The molecule has 1 unspecified atom stereocenters. The summed E-state index contributed by atoms with van der Waals surface area (Å²) in [6.45, 7) is 4.25. The molecule has 3 rings (SSSR count). The van der Waals surface area contributed by atoms with Crippen LogP contribution in [0.25, 0.3) is 0 Å². The number of alkyl halides is 1. The number of thioether (sulfide) groups is 1. The van der Waals surface area contributed by atoms with E-state index in [9.17, 15) is 4.79 Å². The van der Waals surface area contributed by atoms with Gasteiger partial charge in [0.15, 0.2) is 22.4 Å². The summed E-state index contributed by atoms with van der Waals surface area (Å²) in [6, 6.07) is 5.01. The van der Waals surface area contributed by atoms with Gasteiger partial charge in [-0.1, -0.05) is 18.3 Å². The number of benzene rings is 1. The van der Waals surface area contributed by atoms with E-state index in [0.29, 0.717) is 29.0 Å². The van der Waals surface area contributed by atoms with Crippen LogP contribution < -0.4 is 19.5 Å². The van der Waals surface area contributed by atoms with Gasteiger partial charge < -0.3 is 14.2 Å². The molecule has 1 aromatic rings. The van der Waals surface area contributed by atoms with E-state index in [1.54, 1.807) is 18.2 Å². The second kappa shape index (κ2) is 5.87. The summed E-state index contributed by atoms with van der Waals surface area (Å²) in [5, 5.41) is 3.06. The number of aliphatic imine (C=N–C) groups is 1. The van der Waals surface area contributed by atoms with E-state index in [-0.39, 0.29) is 17.3 Å². The summed E-state index contributed by atoms with van der Waals surface area (Å²) in [5.74, 6) is 1.14. The van der Waals surface area contributed by atoms with Gasteiger partial charge in [-0.15, -0.1) is 11.6 Å². The van der Waals surface area contributed by atoms with E-state index in [1.165, 1.54) is 11.8 Å². The summed E-state index contributed by atoms with van der Waals surface area (Å²) in [6.07, 6.45) is 0. The van der Waals surface area contributed by atoms with Gasteiger partial charge in [-0.3, -0.25) is 15.1 Å². The zero-order chi connectivity index (χ0) is 14.8. The number of carbonyl (C=O) groups excluding carboxylic acids is 1. The maximum absolute atomic E-state index is 11.9. The Balaban J connectivity index is 1.59. The van der Waals surface area contributed by atoms with E-state index in [2.05, 4.69) is 16.9 Å². The number of amidine groups is 1. The Bertz CT molecular complexity index is 635. The van der Waals surface area contributed by atoms with Crippen LogP contribution in [-0.4, -0.2) is 29.1 Å². The van der Waals surface area contributed by atoms with Gasteiger partial charge >= 0.3 is 0 Å². The predicted octanol–water partition coefficient (Wildman–Crippen LogP) is 2.09. The van der Waals surface area contributed by atoms with Crippen LogP contribution in [0.2, 0.25) is 0 Å². The van der Waals surface area contributed by atoms with Gasteiger partial charge in [-0.05, 0) is 12.1 Å². The minimum Gasteiger partial charge on any atom is -0.454 e. The lowest BCUT2D eigenvalue weighted by molar-refractivity contribution is -0.118. The van der Waals surface area contributed by atoms with Gasteiger partial charge in [0.25, 0.3) is 5.91 Å². The van der Waals surface area contributed by atoms with Crippen molar-refractivity contribution in [3.63, 3.8) is 0 Å². The normalized spacial score (nSPS) is 19.1. The van der Waals surface area contributed by atoms with Crippen LogP contribution in [-0.2, 0) is 4.79 Å². The SMILES string of the molecule is C=C(Oc1ccc2c(c1)OCO2)C(=O)NC1=NCC(Cl)S1. The average Bonchev–Trinajstić information content (AvgIpc) is 3.07. The summed E-state index contributed by atoms with van der Waals surface area (Å²) in [7, 11) is 0. The Kier molecular flexibility index (Phi) is 3.94. The first-order valence-electron chi connectivity index (χ1n) is 6.05. The number of nitrogens with zero attached hydrogens (tertiary/aromatic N) is 1. The lowest BCUT2D eigenvalue weighted by Crippen LogP contribution is -2.30. The molecular formula is C13H11ClN2O4S. The minimum atomic E-state index is -0.468. The van der Waals surface area contributed by atoms with Gasteiger partial charge in [0, 0.05) is 6.07 Å². The van der Waals surface area contributed by atoms with Crippen LogP contribution >= 0.6 is 23.4 Å². The molecule has 0 aromatic heterocycles. The molecule has 21 heavy (non-hydrogen) atoms. The lowest BCUT2D eigenvalue weighted by Gasteiger charge is -2.09. The predicted molar refractivity (Wildman–Crippen MR) is 80.0 cm³/mol. The average molecular weight is 327 g/mol. The standard InChI is InChI=1S/C13H11ClN2O4S/c1-7(12(17)16-13-15-5-11(14)21-13)20-8-2-3-9-10(4-8)19-6-18-9/h2-4,11H,1,5-6H2,(H,15,16,17). The highest BCUT2D eigenvalue weighted by Gasteiger charge is 2.21. The number of rotatable bonds is 3. The molecular weight excluding hydrogens is 316 g/mol. The van der Waals surface area contributed by atoms with Crippen molar-refractivity contribution in [2.24, 2.45) is 4.99 Å². The van der Waals surface area contributed by atoms with Crippen molar-refractivity contribution in [2.45, 2.75) is 4.71 Å². The molecule has 0 fully saturated rings. The topological polar surface area (TPSA) is 69.2 Å². The molecule has 1 amide bonds. The number of nitrogens with one attached hydrogen (secondary N) is 1. The fraction of sp³-hybridized carbons (Fsp3) is 0.231. The van der Waals surface area contributed by atoms with Crippen molar-refractivity contribution < 1.29 is 19.0 Å². The van der Waals surface area contributed by atoms with Crippen molar-refractivity contribution in [1.82, 2.24) is 5.32 Å². The fourth-order valence-electron chi connectivity index (χ4n) is 1.72. The lowest BCUT2D eigenvalue weighted by atomic mass is 10.3.